The van der Waals surface area contributed by atoms with Gasteiger partial charge in [0.1, 0.15) is 0 Å². The highest BCUT2D eigenvalue weighted by Crippen LogP contribution is 2.38. The molecule has 0 aliphatic heterocycles. The molecule has 0 spiro atoms. The average molecular weight is 354 g/mol. The fourth-order valence-electron chi connectivity index (χ4n) is 1.24. The van der Waals surface area contributed by atoms with Crippen LogP contribution in [0.4, 0.5) is 22.0 Å². The van der Waals surface area contributed by atoms with Crippen molar-refractivity contribution in [3.8, 4) is 0 Å². The summed E-state index contributed by atoms with van der Waals surface area (Å²) >= 11 is 0. The topological polar surface area (TPSA) is 92.3 Å². The lowest BCUT2D eigenvalue weighted by atomic mass is 10.2. The molecular formula is C10H15F5N2O4S. The lowest BCUT2D eigenvalue weighted by molar-refractivity contribution is -0.284. The summed E-state index contributed by atoms with van der Waals surface area (Å²) in [5, 5.41) is 2.23. The van der Waals surface area contributed by atoms with Crippen LogP contribution in [0, 0.1) is 0 Å². The molecule has 0 atom stereocenters. The predicted molar refractivity (Wildman–Crippen MR) is 65.5 cm³/mol. The maximum absolute atomic E-state index is 12.6. The molecule has 22 heavy (non-hydrogen) atoms. The molecule has 0 aromatic rings. The van der Waals surface area contributed by atoms with Crippen molar-refractivity contribution in [3.63, 3.8) is 0 Å². The van der Waals surface area contributed by atoms with E-state index >= 15 is 0 Å². The van der Waals surface area contributed by atoms with Crippen LogP contribution >= 0.6 is 0 Å². The van der Waals surface area contributed by atoms with Crippen LogP contribution in [0.25, 0.3) is 0 Å². The number of sulfonamides is 1. The summed E-state index contributed by atoms with van der Waals surface area (Å²) in [5.74, 6) is -7.62. The average Bonchev–Trinajstić information content (AvgIpc) is 2.34. The largest absolute Gasteiger partial charge is 0.453 e. The highest BCUT2D eigenvalue weighted by molar-refractivity contribution is 7.90. The summed E-state index contributed by atoms with van der Waals surface area (Å²) in [4.78, 5) is 22.0. The fraction of sp³-hybridized carbons (Fsp3) is 0.800. The number of carbonyl (C=O) groups is 2. The number of alkyl halides is 5. The lowest BCUT2D eigenvalue weighted by Crippen LogP contribution is -2.39. The van der Waals surface area contributed by atoms with Gasteiger partial charge in [0.2, 0.25) is 21.8 Å². The zero-order chi connectivity index (χ0) is 17.6. The standard InChI is InChI=1S/C10H15F5N2O4S/c1-16-7(18)3-2-6-22(20,21)17-8(19)4-5-9(11,12)10(13,14)15/h2-6H2,1H3,(H,16,18)(H,17,19). The minimum Gasteiger partial charge on any atom is -0.359 e. The SMILES string of the molecule is CNC(=O)CCCS(=O)(=O)NC(=O)CCC(F)(F)C(F)(F)F. The van der Waals surface area contributed by atoms with Crippen LogP contribution in [0.15, 0.2) is 0 Å². The maximum Gasteiger partial charge on any atom is 0.453 e. The van der Waals surface area contributed by atoms with E-state index in [0.29, 0.717) is 0 Å². The van der Waals surface area contributed by atoms with Gasteiger partial charge < -0.3 is 5.32 Å². The number of hydrogen-bond donors (Lipinski definition) is 2. The van der Waals surface area contributed by atoms with E-state index in [9.17, 15) is 40.0 Å². The molecule has 0 aliphatic carbocycles. The Morgan fingerprint density at radius 3 is 2.00 bits per heavy atom. The number of amides is 2. The molecule has 2 amide bonds. The van der Waals surface area contributed by atoms with E-state index in [4.69, 9.17) is 0 Å². The summed E-state index contributed by atoms with van der Waals surface area (Å²) in [6.07, 6.45) is -9.24. The van der Waals surface area contributed by atoms with Crippen LogP contribution in [0.1, 0.15) is 25.7 Å². The Morgan fingerprint density at radius 2 is 1.55 bits per heavy atom. The molecule has 0 bridgehead atoms. The van der Waals surface area contributed by atoms with Gasteiger partial charge in [-0.25, -0.2) is 8.42 Å². The van der Waals surface area contributed by atoms with E-state index in [1.165, 1.54) is 11.8 Å². The second kappa shape index (κ2) is 7.70. The second-order valence-electron chi connectivity index (χ2n) is 4.32. The molecule has 0 aliphatic rings. The molecule has 0 saturated carbocycles. The zero-order valence-electron chi connectivity index (χ0n) is 11.5. The number of hydrogen-bond acceptors (Lipinski definition) is 4. The van der Waals surface area contributed by atoms with Crippen molar-refractivity contribution in [2.24, 2.45) is 0 Å². The molecule has 0 fully saturated rings. The normalized spacial score (nSPS) is 12.8. The van der Waals surface area contributed by atoms with E-state index in [1.807, 2.05) is 0 Å². The van der Waals surface area contributed by atoms with Crippen LogP contribution in [0.2, 0.25) is 0 Å². The fourth-order valence-corrected chi connectivity index (χ4v) is 2.31. The number of halogens is 5. The summed E-state index contributed by atoms with van der Waals surface area (Å²) in [6.45, 7) is 0. The van der Waals surface area contributed by atoms with Gasteiger partial charge in [-0.05, 0) is 6.42 Å². The monoisotopic (exact) mass is 354 g/mol. The molecular weight excluding hydrogens is 339 g/mol. The van der Waals surface area contributed by atoms with Crippen molar-refractivity contribution < 1.29 is 40.0 Å². The maximum atomic E-state index is 12.6. The molecule has 6 nitrogen and oxygen atoms in total. The molecule has 0 heterocycles. The van der Waals surface area contributed by atoms with Crippen molar-refractivity contribution in [1.82, 2.24) is 10.0 Å². The van der Waals surface area contributed by atoms with Crippen LogP contribution in [-0.2, 0) is 19.6 Å². The summed E-state index contributed by atoms with van der Waals surface area (Å²) in [6, 6.07) is 0. The van der Waals surface area contributed by atoms with Crippen LogP contribution in [0.3, 0.4) is 0 Å². The molecule has 12 heteroatoms. The van der Waals surface area contributed by atoms with E-state index in [1.54, 1.807) is 0 Å². The molecule has 0 unspecified atom stereocenters. The van der Waals surface area contributed by atoms with Crippen molar-refractivity contribution in [2.45, 2.75) is 37.8 Å². The first-order valence-corrected chi connectivity index (χ1v) is 7.64. The van der Waals surface area contributed by atoms with Crippen molar-refractivity contribution >= 4 is 21.8 Å². The van der Waals surface area contributed by atoms with Crippen molar-refractivity contribution in [2.75, 3.05) is 12.8 Å². The van der Waals surface area contributed by atoms with E-state index in [2.05, 4.69) is 5.32 Å². The Morgan fingerprint density at radius 1 is 1.00 bits per heavy atom. The molecule has 2 N–H and O–H groups in total. The van der Waals surface area contributed by atoms with Crippen LogP contribution < -0.4 is 10.0 Å². The van der Waals surface area contributed by atoms with E-state index in [-0.39, 0.29) is 12.8 Å². The lowest BCUT2D eigenvalue weighted by Gasteiger charge is -2.18. The van der Waals surface area contributed by atoms with Gasteiger partial charge in [0, 0.05) is 26.3 Å². The molecule has 0 radical (unpaired) electrons. The predicted octanol–water partition coefficient (Wildman–Crippen LogP) is 0.936. The van der Waals surface area contributed by atoms with Crippen LogP contribution in [-0.4, -0.2) is 45.1 Å². The smallest absolute Gasteiger partial charge is 0.359 e. The molecule has 130 valence electrons. The molecule has 0 saturated heterocycles. The minimum absolute atomic E-state index is 0.138. The Labute approximate surface area is 123 Å². The Kier molecular flexibility index (Phi) is 7.19. The second-order valence-corrected chi connectivity index (χ2v) is 6.16. The Hall–Kier alpha value is -1.46. The Balaban J connectivity index is 4.33. The summed E-state index contributed by atoms with van der Waals surface area (Å²) in [7, 11) is -2.86. The number of rotatable bonds is 8. The van der Waals surface area contributed by atoms with E-state index < -0.39 is 52.5 Å². The number of nitrogens with one attached hydrogen (secondary N) is 2. The van der Waals surface area contributed by atoms with Gasteiger partial charge in [-0.1, -0.05) is 0 Å². The van der Waals surface area contributed by atoms with Gasteiger partial charge in [-0.3, -0.25) is 14.3 Å². The third kappa shape index (κ3) is 7.52. The molecule has 0 aromatic heterocycles. The zero-order valence-corrected chi connectivity index (χ0v) is 12.3. The van der Waals surface area contributed by atoms with Gasteiger partial charge in [-0.2, -0.15) is 22.0 Å². The first-order chi connectivity index (χ1) is 9.81. The van der Waals surface area contributed by atoms with E-state index in [0.717, 1.165) is 0 Å². The van der Waals surface area contributed by atoms with Gasteiger partial charge in [-0.15, -0.1) is 0 Å². The van der Waals surface area contributed by atoms with Crippen molar-refractivity contribution in [3.05, 3.63) is 0 Å². The third-order valence-electron chi connectivity index (χ3n) is 2.45. The van der Waals surface area contributed by atoms with Gasteiger partial charge in [0.25, 0.3) is 0 Å². The summed E-state index contributed by atoms with van der Waals surface area (Å²) < 4.78 is 84.8. The van der Waals surface area contributed by atoms with Crippen LogP contribution in [0.5, 0.6) is 0 Å². The minimum atomic E-state index is -5.81. The summed E-state index contributed by atoms with van der Waals surface area (Å²) in [5.41, 5.74) is 0. The quantitative estimate of drug-likeness (QED) is 0.635. The van der Waals surface area contributed by atoms with Gasteiger partial charge in [0.15, 0.2) is 0 Å². The molecule has 0 rings (SSSR count). The highest BCUT2D eigenvalue weighted by atomic mass is 32.2. The molecule has 0 aromatic carbocycles. The number of carbonyl (C=O) groups excluding carboxylic acids is 2. The third-order valence-corrected chi connectivity index (χ3v) is 3.81. The Bertz CT molecular complexity index is 504. The highest BCUT2D eigenvalue weighted by Gasteiger charge is 2.56. The van der Waals surface area contributed by atoms with Gasteiger partial charge >= 0.3 is 12.1 Å². The first-order valence-electron chi connectivity index (χ1n) is 5.99. The first kappa shape index (κ1) is 20.5. The van der Waals surface area contributed by atoms with Crippen molar-refractivity contribution in [1.29, 1.82) is 0 Å². The van der Waals surface area contributed by atoms with Gasteiger partial charge in [0.05, 0.1) is 5.75 Å².